The number of fused-ring (bicyclic) bond motifs is 1. The zero-order valence-electron chi connectivity index (χ0n) is 13.5. The zero-order valence-corrected chi connectivity index (χ0v) is 13.5. The third-order valence-corrected chi connectivity index (χ3v) is 5.08. The first-order valence-electron chi connectivity index (χ1n) is 8.55. The molecule has 24 heavy (non-hydrogen) atoms. The molecule has 126 valence electrons. The van der Waals surface area contributed by atoms with Crippen molar-refractivity contribution in [3.8, 4) is 0 Å². The molecule has 1 aliphatic heterocycles. The number of hydrogen-bond donors (Lipinski definition) is 2. The summed E-state index contributed by atoms with van der Waals surface area (Å²) < 4.78 is 5.18. The second-order valence-electron chi connectivity index (χ2n) is 6.64. The van der Waals surface area contributed by atoms with Crippen molar-refractivity contribution in [1.82, 2.24) is 10.1 Å². The van der Waals surface area contributed by atoms with Gasteiger partial charge in [-0.15, -0.1) is 0 Å². The maximum Gasteiger partial charge on any atom is 0.321 e. The number of benzene rings is 1. The molecule has 0 unspecified atom stereocenters. The van der Waals surface area contributed by atoms with Gasteiger partial charge in [-0.05, 0) is 55.4 Å². The summed E-state index contributed by atoms with van der Waals surface area (Å²) in [7, 11) is 0. The number of H-pyrrole nitrogens is 1. The number of aryl methyl sites for hydroxylation is 2. The Balaban J connectivity index is 1.35. The number of hydrogen-bond acceptors (Lipinski definition) is 3. The summed E-state index contributed by atoms with van der Waals surface area (Å²) in [5, 5.41) is 5.34. The lowest BCUT2D eigenvalue weighted by Crippen LogP contribution is -2.40. The summed E-state index contributed by atoms with van der Waals surface area (Å²) in [6, 6.07) is 7.66. The van der Waals surface area contributed by atoms with Crippen molar-refractivity contribution in [3.05, 3.63) is 51.5 Å². The minimum atomic E-state index is -0.207. The summed E-state index contributed by atoms with van der Waals surface area (Å²) in [5.74, 6) is 0.895. The summed E-state index contributed by atoms with van der Waals surface area (Å²) in [6.07, 6.45) is 5.06. The van der Waals surface area contributed by atoms with Gasteiger partial charge in [0.2, 0.25) is 0 Å². The van der Waals surface area contributed by atoms with Gasteiger partial charge in [-0.1, -0.05) is 6.07 Å². The maximum atomic E-state index is 12.5. The molecule has 6 nitrogen and oxygen atoms in total. The van der Waals surface area contributed by atoms with E-state index in [9.17, 15) is 9.59 Å². The first-order valence-corrected chi connectivity index (χ1v) is 8.55. The Kier molecular flexibility index (Phi) is 3.88. The highest BCUT2D eigenvalue weighted by Crippen LogP contribution is 2.28. The van der Waals surface area contributed by atoms with E-state index >= 15 is 0 Å². The van der Waals surface area contributed by atoms with Gasteiger partial charge < -0.3 is 14.7 Å². The smallest absolute Gasteiger partial charge is 0.321 e. The molecule has 1 aromatic heterocycles. The van der Waals surface area contributed by atoms with E-state index in [1.165, 1.54) is 23.6 Å². The normalized spacial score (nSPS) is 17.8. The number of piperidine rings is 1. The first-order chi connectivity index (χ1) is 11.7. The summed E-state index contributed by atoms with van der Waals surface area (Å²) >= 11 is 0. The van der Waals surface area contributed by atoms with Crippen LogP contribution in [0, 0.1) is 0 Å². The lowest BCUT2D eigenvalue weighted by atomic mass is 9.94. The van der Waals surface area contributed by atoms with Crippen LogP contribution in [0.15, 0.2) is 33.6 Å². The standard InChI is InChI=1S/C18H21N3O3/c22-17-11-16(24-20-17)13-6-8-21(9-7-13)18(23)19-15-5-4-12-2-1-3-14(12)10-15/h4-5,10-11,13H,1-3,6-9H2,(H,19,23)(H,20,22). The van der Waals surface area contributed by atoms with Gasteiger partial charge in [0.25, 0.3) is 5.56 Å². The van der Waals surface area contributed by atoms with Crippen LogP contribution in [0.2, 0.25) is 0 Å². The second-order valence-corrected chi connectivity index (χ2v) is 6.64. The lowest BCUT2D eigenvalue weighted by molar-refractivity contribution is 0.188. The van der Waals surface area contributed by atoms with Crippen LogP contribution in [-0.4, -0.2) is 29.2 Å². The molecule has 4 rings (SSSR count). The molecule has 2 heterocycles. The van der Waals surface area contributed by atoms with Gasteiger partial charge in [-0.3, -0.25) is 4.79 Å². The van der Waals surface area contributed by atoms with Crippen LogP contribution in [0.4, 0.5) is 10.5 Å². The molecule has 6 heteroatoms. The van der Waals surface area contributed by atoms with Gasteiger partial charge in [0.1, 0.15) is 5.76 Å². The zero-order chi connectivity index (χ0) is 16.5. The molecule has 1 aliphatic carbocycles. The molecule has 0 spiro atoms. The first kappa shape index (κ1) is 15.1. The van der Waals surface area contributed by atoms with E-state index in [0.717, 1.165) is 31.4 Å². The summed E-state index contributed by atoms with van der Waals surface area (Å²) in [4.78, 5) is 25.4. The molecule has 2 N–H and O–H groups in total. The van der Waals surface area contributed by atoms with Crippen molar-refractivity contribution in [2.24, 2.45) is 0 Å². The molecule has 0 radical (unpaired) electrons. The number of aromatic amines is 1. The van der Waals surface area contributed by atoms with Crippen molar-refractivity contribution >= 4 is 11.7 Å². The van der Waals surface area contributed by atoms with Crippen LogP contribution in [0.3, 0.4) is 0 Å². The fourth-order valence-electron chi connectivity index (χ4n) is 3.72. The number of anilines is 1. The third kappa shape index (κ3) is 2.96. The molecular weight excluding hydrogens is 306 g/mol. The second kappa shape index (κ2) is 6.19. The molecule has 0 bridgehead atoms. The van der Waals surface area contributed by atoms with Crippen molar-refractivity contribution in [2.75, 3.05) is 18.4 Å². The van der Waals surface area contributed by atoms with Crippen LogP contribution in [-0.2, 0) is 12.8 Å². The van der Waals surface area contributed by atoms with E-state index in [0.29, 0.717) is 18.8 Å². The molecule has 2 aromatic rings. The van der Waals surface area contributed by atoms with Crippen LogP contribution < -0.4 is 10.9 Å². The Morgan fingerprint density at radius 3 is 2.71 bits per heavy atom. The van der Waals surface area contributed by atoms with E-state index in [4.69, 9.17) is 4.52 Å². The number of urea groups is 1. The average Bonchev–Trinajstić information content (AvgIpc) is 3.23. The average molecular weight is 327 g/mol. The molecule has 2 aliphatic rings. The fraction of sp³-hybridized carbons (Fsp3) is 0.444. The van der Waals surface area contributed by atoms with Crippen molar-refractivity contribution in [2.45, 2.75) is 38.0 Å². The number of carbonyl (C=O) groups is 1. The molecule has 0 atom stereocenters. The molecule has 0 saturated carbocycles. The Hall–Kier alpha value is -2.50. The van der Waals surface area contributed by atoms with Crippen molar-refractivity contribution < 1.29 is 9.32 Å². The SMILES string of the molecule is O=C(Nc1ccc2c(c1)CCC2)N1CCC(c2cc(=O)[nH]o2)CC1. The highest BCUT2D eigenvalue weighted by molar-refractivity contribution is 5.89. The number of aromatic nitrogens is 1. The molecular formula is C18H21N3O3. The Morgan fingerprint density at radius 2 is 1.96 bits per heavy atom. The third-order valence-electron chi connectivity index (χ3n) is 5.08. The Bertz CT molecular complexity index is 800. The number of carbonyl (C=O) groups excluding carboxylic acids is 1. The van der Waals surface area contributed by atoms with Gasteiger partial charge in [-0.2, -0.15) is 5.16 Å². The predicted molar refractivity (Wildman–Crippen MR) is 90.4 cm³/mol. The van der Waals surface area contributed by atoms with Gasteiger partial charge in [0, 0.05) is 30.8 Å². The van der Waals surface area contributed by atoms with Crippen molar-refractivity contribution in [1.29, 1.82) is 0 Å². The van der Waals surface area contributed by atoms with E-state index in [1.54, 1.807) is 0 Å². The Labute approximate surface area is 139 Å². The van der Waals surface area contributed by atoms with Gasteiger partial charge in [-0.25, -0.2) is 4.79 Å². The molecule has 1 saturated heterocycles. The number of rotatable bonds is 2. The van der Waals surface area contributed by atoms with Crippen LogP contribution in [0.5, 0.6) is 0 Å². The van der Waals surface area contributed by atoms with E-state index in [1.807, 2.05) is 11.0 Å². The van der Waals surface area contributed by atoms with E-state index < -0.39 is 0 Å². The topological polar surface area (TPSA) is 78.3 Å². The monoisotopic (exact) mass is 327 g/mol. The number of amides is 2. The minimum Gasteiger partial charge on any atom is -0.383 e. The minimum absolute atomic E-state index is 0.0538. The summed E-state index contributed by atoms with van der Waals surface area (Å²) in [6.45, 7) is 1.33. The Morgan fingerprint density at radius 1 is 1.17 bits per heavy atom. The van der Waals surface area contributed by atoms with Crippen LogP contribution in [0.25, 0.3) is 0 Å². The molecule has 1 fully saturated rings. The number of likely N-dealkylation sites (tertiary alicyclic amines) is 1. The van der Waals surface area contributed by atoms with E-state index in [-0.39, 0.29) is 17.5 Å². The number of nitrogens with one attached hydrogen (secondary N) is 2. The fourth-order valence-corrected chi connectivity index (χ4v) is 3.72. The highest BCUT2D eigenvalue weighted by Gasteiger charge is 2.26. The van der Waals surface area contributed by atoms with Crippen LogP contribution in [0.1, 0.15) is 42.1 Å². The highest BCUT2D eigenvalue weighted by atomic mass is 16.5. The number of nitrogens with zero attached hydrogens (tertiary/aromatic N) is 1. The predicted octanol–water partition coefficient (Wildman–Crippen LogP) is 2.87. The van der Waals surface area contributed by atoms with Gasteiger partial charge in [0.15, 0.2) is 0 Å². The maximum absolute atomic E-state index is 12.5. The van der Waals surface area contributed by atoms with Gasteiger partial charge >= 0.3 is 6.03 Å². The van der Waals surface area contributed by atoms with Gasteiger partial charge in [0.05, 0.1) is 0 Å². The van der Waals surface area contributed by atoms with Crippen LogP contribution >= 0.6 is 0 Å². The quantitative estimate of drug-likeness (QED) is 0.890. The van der Waals surface area contributed by atoms with Crippen molar-refractivity contribution in [3.63, 3.8) is 0 Å². The molecule has 2 amide bonds. The summed E-state index contributed by atoms with van der Waals surface area (Å²) in [5.41, 5.74) is 3.43. The largest absolute Gasteiger partial charge is 0.383 e. The lowest BCUT2D eigenvalue weighted by Gasteiger charge is -2.30. The van der Waals surface area contributed by atoms with E-state index in [2.05, 4.69) is 22.6 Å². The molecule has 1 aromatic carbocycles.